The monoisotopic (exact) mass is 269 g/mol. The van der Waals surface area contributed by atoms with Gasteiger partial charge in [0.2, 0.25) is 0 Å². The predicted molar refractivity (Wildman–Crippen MR) is 64.9 cm³/mol. The Morgan fingerprint density at radius 2 is 2.07 bits per heavy atom. The van der Waals surface area contributed by atoms with Crippen LogP contribution in [0.25, 0.3) is 0 Å². The standard InChI is InChI=1S/C12H16BrNO/c13-11-3-1-9(2-4-11)12-5-6-15-8-10(12)7-14/h1-4,10,12H,5-8,14H2. The maximum Gasteiger partial charge on any atom is 0.0512 e. The van der Waals surface area contributed by atoms with Crippen molar-refractivity contribution in [3.63, 3.8) is 0 Å². The lowest BCUT2D eigenvalue weighted by atomic mass is 9.83. The molecule has 1 aromatic carbocycles. The molecule has 2 nitrogen and oxygen atoms in total. The van der Waals surface area contributed by atoms with Crippen molar-refractivity contribution in [3.8, 4) is 0 Å². The Labute approximate surface area is 98.9 Å². The van der Waals surface area contributed by atoms with Gasteiger partial charge in [-0.05, 0) is 36.6 Å². The van der Waals surface area contributed by atoms with Crippen LogP contribution in [0.5, 0.6) is 0 Å². The Balaban J connectivity index is 2.16. The zero-order chi connectivity index (χ0) is 10.7. The number of hydrogen-bond donors (Lipinski definition) is 1. The fraction of sp³-hybridized carbons (Fsp3) is 0.500. The summed E-state index contributed by atoms with van der Waals surface area (Å²) in [7, 11) is 0. The highest BCUT2D eigenvalue weighted by molar-refractivity contribution is 9.10. The van der Waals surface area contributed by atoms with Crippen LogP contribution >= 0.6 is 15.9 Å². The fourth-order valence-electron chi connectivity index (χ4n) is 2.18. The van der Waals surface area contributed by atoms with E-state index in [9.17, 15) is 0 Å². The molecule has 1 aliphatic heterocycles. The molecule has 2 N–H and O–H groups in total. The van der Waals surface area contributed by atoms with Gasteiger partial charge in [0.15, 0.2) is 0 Å². The minimum atomic E-state index is 0.472. The number of ether oxygens (including phenoxy) is 1. The Hall–Kier alpha value is -0.380. The predicted octanol–water partition coefficient (Wildman–Crippen LogP) is 2.53. The average molecular weight is 270 g/mol. The van der Waals surface area contributed by atoms with Gasteiger partial charge in [0.25, 0.3) is 0 Å². The molecule has 0 spiro atoms. The number of halogens is 1. The van der Waals surface area contributed by atoms with Crippen LogP contribution in [-0.2, 0) is 4.74 Å². The third-order valence-electron chi connectivity index (χ3n) is 3.08. The van der Waals surface area contributed by atoms with Gasteiger partial charge < -0.3 is 10.5 Å². The molecule has 1 fully saturated rings. The minimum absolute atomic E-state index is 0.472. The maximum atomic E-state index is 5.77. The number of rotatable bonds is 2. The third kappa shape index (κ3) is 2.60. The molecule has 2 atom stereocenters. The van der Waals surface area contributed by atoms with Crippen LogP contribution in [0.3, 0.4) is 0 Å². The van der Waals surface area contributed by atoms with Gasteiger partial charge in [-0.2, -0.15) is 0 Å². The highest BCUT2D eigenvalue weighted by atomic mass is 79.9. The van der Waals surface area contributed by atoms with Gasteiger partial charge in [0.05, 0.1) is 6.61 Å². The lowest BCUT2D eigenvalue weighted by Crippen LogP contribution is -2.31. The lowest BCUT2D eigenvalue weighted by molar-refractivity contribution is 0.0436. The molecule has 2 unspecified atom stereocenters. The van der Waals surface area contributed by atoms with Crippen LogP contribution < -0.4 is 5.73 Å². The topological polar surface area (TPSA) is 35.2 Å². The van der Waals surface area contributed by atoms with Crippen molar-refractivity contribution in [1.82, 2.24) is 0 Å². The summed E-state index contributed by atoms with van der Waals surface area (Å²) in [5, 5.41) is 0. The van der Waals surface area contributed by atoms with Gasteiger partial charge in [-0.25, -0.2) is 0 Å². The van der Waals surface area contributed by atoms with Crippen LogP contribution in [0.1, 0.15) is 17.9 Å². The first-order chi connectivity index (χ1) is 7.31. The quantitative estimate of drug-likeness (QED) is 0.896. The Bertz CT molecular complexity index is 312. The van der Waals surface area contributed by atoms with Crippen molar-refractivity contribution >= 4 is 15.9 Å². The molecule has 0 radical (unpaired) electrons. The first-order valence-corrected chi connectivity index (χ1v) is 6.14. The van der Waals surface area contributed by atoms with Crippen LogP contribution in [-0.4, -0.2) is 19.8 Å². The molecule has 3 heteroatoms. The summed E-state index contributed by atoms with van der Waals surface area (Å²) in [5.74, 6) is 1.04. The zero-order valence-electron chi connectivity index (χ0n) is 8.66. The summed E-state index contributed by atoms with van der Waals surface area (Å²) in [6.45, 7) is 2.37. The van der Waals surface area contributed by atoms with E-state index in [4.69, 9.17) is 10.5 Å². The van der Waals surface area contributed by atoms with Gasteiger partial charge >= 0.3 is 0 Å². The van der Waals surface area contributed by atoms with Crippen LogP contribution in [0, 0.1) is 5.92 Å². The Morgan fingerprint density at radius 1 is 1.33 bits per heavy atom. The second-order valence-corrected chi connectivity index (χ2v) is 4.93. The fourth-order valence-corrected chi connectivity index (χ4v) is 2.44. The average Bonchev–Trinajstić information content (AvgIpc) is 2.30. The maximum absolute atomic E-state index is 5.77. The van der Waals surface area contributed by atoms with E-state index in [-0.39, 0.29) is 0 Å². The van der Waals surface area contributed by atoms with Gasteiger partial charge in [0.1, 0.15) is 0 Å². The number of hydrogen-bond acceptors (Lipinski definition) is 2. The summed E-state index contributed by atoms with van der Waals surface area (Å²) in [6, 6.07) is 8.56. The highest BCUT2D eigenvalue weighted by Gasteiger charge is 2.25. The first-order valence-electron chi connectivity index (χ1n) is 5.34. The molecular weight excluding hydrogens is 254 g/mol. The van der Waals surface area contributed by atoms with Gasteiger partial charge in [-0.3, -0.25) is 0 Å². The van der Waals surface area contributed by atoms with E-state index < -0.39 is 0 Å². The van der Waals surface area contributed by atoms with Crippen molar-refractivity contribution in [3.05, 3.63) is 34.3 Å². The van der Waals surface area contributed by atoms with E-state index in [1.807, 2.05) is 0 Å². The highest BCUT2D eigenvalue weighted by Crippen LogP contribution is 2.31. The summed E-state index contributed by atoms with van der Waals surface area (Å²) < 4.78 is 6.59. The Morgan fingerprint density at radius 3 is 2.73 bits per heavy atom. The summed E-state index contributed by atoms with van der Waals surface area (Å²) in [6.07, 6.45) is 1.09. The van der Waals surface area contributed by atoms with Crippen molar-refractivity contribution in [2.45, 2.75) is 12.3 Å². The van der Waals surface area contributed by atoms with Gasteiger partial charge in [-0.1, -0.05) is 28.1 Å². The number of benzene rings is 1. The molecule has 1 saturated heterocycles. The third-order valence-corrected chi connectivity index (χ3v) is 3.60. The smallest absolute Gasteiger partial charge is 0.0512 e. The van der Waals surface area contributed by atoms with Gasteiger partial charge in [0, 0.05) is 17.0 Å². The lowest BCUT2D eigenvalue weighted by Gasteiger charge is -2.31. The Kier molecular flexibility index (Phi) is 3.78. The minimum Gasteiger partial charge on any atom is -0.381 e. The summed E-state index contributed by atoms with van der Waals surface area (Å²) in [4.78, 5) is 0. The molecule has 0 aromatic heterocycles. The molecular formula is C12H16BrNO. The van der Waals surface area contributed by atoms with E-state index in [2.05, 4.69) is 40.2 Å². The summed E-state index contributed by atoms with van der Waals surface area (Å²) >= 11 is 3.45. The molecule has 0 aliphatic carbocycles. The second-order valence-electron chi connectivity index (χ2n) is 4.02. The first kappa shape index (κ1) is 11.1. The molecule has 0 bridgehead atoms. The van der Waals surface area contributed by atoms with E-state index in [0.29, 0.717) is 18.4 Å². The molecule has 1 aromatic rings. The van der Waals surface area contributed by atoms with Crippen LogP contribution in [0.15, 0.2) is 28.7 Å². The van der Waals surface area contributed by atoms with Crippen LogP contribution in [0.4, 0.5) is 0 Å². The molecule has 1 heterocycles. The molecule has 2 rings (SSSR count). The molecule has 82 valence electrons. The van der Waals surface area contributed by atoms with Crippen LogP contribution in [0.2, 0.25) is 0 Å². The largest absolute Gasteiger partial charge is 0.381 e. The van der Waals surface area contributed by atoms with Crippen molar-refractivity contribution < 1.29 is 4.74 Å². The molecule has 0 saturated carbocycles. The molecule has 1 aliphatic rings. The van der Waals surface area contributed by atoms with Gasteiger partial charge in [-0.15, -0.1) is 0 Å². The SMILES string of the molecule is NCC1COCCC1c1ccc(Br)cc1. The zero-order valence-corrected chi connectivity index (χ0v) is 10.2. The van der Waals surface area contributed by atoms with E-state index in [1.54, 1.807) is 0 Å². The van der Waals surface area contributed by atoms with E-state index >= 15 is 0 Å². The number of nitrogens with two attached hydrogens (primary N) is 1. The second kappa shape index (κ2) is 5.10. The van der Waals surface area contributed by atoms with Crippen molar-refractivity contribution in [2.75, 3.05) is 19.8 Å². The van der Waals surface area contributed by atoms with Crippen molar-refractivity contribution in [1.29, 1.82) is 0 Å². The summed E-state index contributed by atoms with van der Waals surface area (Å²) in [5.41, 5.74) is 7.16. The normalized spacial score (nSPS) is 26.5. The molecule has 0 amide bonds. The molecule has 15 heavy (non-hydrogen) atoms. The van der Waals surface area contributed by atoms with Crippen molar-refractivity contribution in [2.24, 2.45) is 11.7 Å². The van der Waals surface area contributed by atoms with E-state index in [0.717, 1.165) is 24.1 Å². The van der Waals surface area contributed by atoms with E-state index in [1.165, 1.54) is 5.56 Å².